The quantitative estimate of drug-likeness (QED) is 0.728. The highest BCUT2D eigenvalue weighted by Crippen LogP contribution is 2.20. The van der Waals surface area contributed by atoms with Gasteiger partial charge < -0.3 is 16.4 Å². The van der Waals surface area contributed by atoms with Gasteiger partial charge in [-0.2, -0.15) is 0 Å². The molecule has 0 unspecified atom stereocenters. The van der Waals surface area contributed by atoms with Crippen LogP contribution in [0.1, 0.15) is 5.56 Å². The van der Waals surface area contributed by atoms with Gasteiger partial charge in [0.1, 0.15) is 0 Å². The first-order valence-corrected chi connectivity index (χ1v) is 6.37. The third kappa shape index (κ3) is 6.77. The van der Waals surface area contributed by atoms with Crippen LogP contribution in [0.2, 0.25) is 5.02 Å². The van der Waals surface area contributed by atoms with Crippen molar-refractivity contribution >= 4 is 51.8 Å². The Bertz CT molecular complexity index is 458. The standard InChI is InChI=1S/C11H13BrClN3O2.ClH/c12-8-2-1-7(9(13)3-8)5-15-11(18)6-16-10(17)4-14;/h1-3H,4-6,14H2,(H,15,18)(H,16,17);1H. The zero-order valence-electron chi connectivity index (χ0n) is 9.91. The molecule has 5 nitrogen and oxygen atoms in total. The number of hydrogen-bond donors (Lipinski definition) is 3. The fourth-order valence-corrected chi connectivity index (χ4v) is 1.91. The van der Waals surface area contributed by atoms with Crippen LogP contribution in [0.5, 0.6) is 0 Å². The van der Waals surface area contributed by atoms with Gasteiger partial charge in [-0.25, -0.2) is 0 Å². The van der Waals surface area contributed by atoms with Crippen molar-refractivity contribution in [2.75, 3.05) is 13.1 Å². The Morgan fingerprint density at radius 3 is 2.53 bits per heavy atom. The van der Waals surface area contributed by atoms with E-state index in [4.69, 9.17) is 17.3 Å². The third-order valence-electron chi connectivity index (χ3n) is 2.12. The molecule has 0 saturated heterocycles. The smallest absolute Gasteiger partial charge is 0.239 e. The molecule has 8 heteroatoms. The predicted molar refractivity (Wildman–Crippen MR) is 80.3 cm³/mol. The molecule has 0 saturated carbocycles. The number of amides is 2. The molecule has 0 atom stereocenters. The van der Waals surface area contributed by atoms with Crippen molar-refractivity contribution in [1.82, 2.24) is 10.6 Å². The Balaban J connectivity index is 0.00000324. The minimum atomic E-state index is -0.369. The van der Waals surface area contributed by atoms with Crippen LogP contribution in [0, 0.1) is 0 Å². The van der Waals surface area contributed by atoms with Crippen molar-refractivity contribution in [2.45, 2.75) is 6.54 Å². The fourth-order valence-electron chi connectivity index (χ4n) is 1.17. The molecule has 1 rings (SSSR count). The molecule has 106 valence electrons. The molecule has 0 bridgehead atoms. The number of nitrogens with two attached hydrogens (primary N) is 1. The average Bonchev–Trinajstić information content (AvgIpc) is 2.34. The minimum Gasteiger partial charge on any atom is -0.350 e. The summed E-state index contributed by atoms with van der Waals surface area (Å²) in [5, 5.41) is 5.59. The van der Waals surface area contributed by atoms with E-state index in [1.54, 1.807) is 6.07 Å². The Morgan fingerprint density at radius 2 is 1.95 bits per heavy atom. The minimum absolute atomic E-state index is 0. The maximum atomic E-state index is 11.4. The molecule has 1 aromatic rings. The molecular weight excluding hydrogens is 357 g/mol. The molecule has 0 aliphatic heterocycles. The summed E-state index contributed by atoms with van der Waals surface area (Å²) >= 11 is 9.29. The van der Waals surface area contributed by atoms with Crippen molar-refractivity contribution in [3.8, 4) is 0 Å². The largest absolute Gasteiger partial charge is 0.350 e. The van der Waals surface area contributed by atoms with Gasteiger partial charge in [-0.1, -0.05) is 33.6 Å². The summed E-state index contributed by atoms with van der Waals surface area (Å²) in [4.78, 5) is 22.2. The maximum absolute atomic E-state index is 11.4. The first kappa shape index (κ1) is 18.2. The van der Waals surface area contributed by atoms with Gasteiger partial charge in [0.25, 0.3) is 0 Å². The van der Waals surface area contributed by atoms with Crippen molar-refractivity contribution in [2.24, 2.45) is 5.73 Å². The van der Waals surface area contributed by atoms with Gasteiger partial charge in [0, 0.05) is 16.0 Å². The molecule has 19 heavy (non-hydrogen) atoms. The van der Waals surface area contributed by atoms with E-state index in [-0.39, 0.29) is 37.3 Å². The van der Waals surface area contributed by atoms with E-state index in [9.17, 15) is 9.59 Å². The first-order chi connectivity index (χ1) is 8.52. The zero-order valence-corrected chi connectivity index (χ0v) is 13.1. The summed E-state index contributed by atoms with van der Waals surface area (Å²) in [7, 11) is 0. The number of nitrogens with one attached hydrogen (secondary N) is 2. The predicted octanol–water partition coefficient (Wildman–Crippen LogP) is 1.22. The van der Waals surface area contributed by atoms with Crippen molar-refractivity contribution in [1.29, 1.82) is 0 Å². The zero-order chi connectivity index (χ0) is 13.5. The highest BCUT2D eigenvalue weighted by atomic mass is 79.9. The molecule has 0 aliphatic rings. The number of hydrogen-bond acceptors (Lipinski definition) is 3. The van der Waals surface area contributed by atoms with Crippen molar-refractivity contribution in [3.05, 3.63) is 33.3 Å². The molecule has 0 aliphatic carbocycles. The van der Waals surface area contributed by atoms with Crippen molar-refractivity contribution in [3.63, 3.8) is 0 Å². The summed E-state index contributed by atoms with van der Waals surface area (Å²) < 4.78 is 0.873. The Kier molecular flexibility index (Phi) is 8.75. The van der Waals surface area contributed by atoms with E-state index >= 15 is 0 Å². The first-order valence-electron chi connectivity index (χ1n) is 5.20. The maximum Gasteiger partial charge on any atom is 0.239 e. The molecule has 2 amide bonds. The van der Waals surface area contributed by atoms with Gasteiger partial charge in [0.05, 0.1) is 13.1 Å². The third-order valence-corrected chi connectivity index (χ3v) is 2.97. The van der Waals surface area contributed by atoms with Gasteiger partial charge in [0.15, 0.2) is 0 Å². The van der Waals surface area contributed by atoms with Crippen LogP contribution in [0.4, 0.5) is 0 Å². The summed E-state index contributed by atoms with van der Waals surface area (Å²) in [6, 6.07) is 5.40. The molecule has 0 heterocycles. The normalized spacial score (nSPS) is 9.42. The van der Waals surface area contributed by atoms with Crippen LogP contribution < -0.4 is 16.4 Å². The van der Waals surface area contributed by atoms with Crippen LogP contribution >= 0.6 is 39.9 Å². The summed E-state index contributed by atoms with van der Waals surface area (Å²) in [6.07, 6.45) is 0. The molecule has 1 aromatic carbocycles. The van der Waals surface area contributed by atoms with E-state index < -0.39 is 0 Å². The lowest BCUT2D eigenvalue weighted by Crippen LogP contribution is -2.39. The molecule has 0 aromatic heterocycles. The average molecular weight is 371 g/mol. The topological polar surface area (TPSA) is 84.2 Å². The van der Waals surface area contributed by atoms with Crippen LogP contribution in [0.15, 0.2) is 22.7 Å². The van der Waals surface area contributed by atoms with Gasteiger partial charge in [-0.15, -0.1) is 12.4 Å². The van der Waals surface area contributed by atoms with Crippen LogP contribution in [0.3, 0.4) is 0 Å². The highest BCUT2D eigenvalue weighted by Gasteiger charge is 2.05. The molecule has 0 radical (unpaired) electrons. The van der Waals surface area contributed by atoms with Crippen LogP contribution in [-0.2, 0) is 16.1 Å². The molecule has 4 N–H and O–H groups in total. The molecule has 0 fully saturated rings. The number of benzene rings is 1. The molecule has 0 spiro atoms. The Labute approximate surface area is 130 Å². The SMILES string of the molecule is Cl.NCC(=O)NCC(=O)NCc1ccc(Br)cc1Cl. The number of rotatable bonds is 5. The van der Waals surface area contributed by atoms with E-state index in [1.807, 2.05) is 12.1 Å². The number of carbonyl (C=O) groups is 2. The second-order valence-electron chi connectivity index (χ2n) is 3.49. The van der Waals surface area contributed by atoms with Crippen molar-refractivity contribution < 1.29 is 9.59 Å². The van der Waals surface area contributed by atoms with Crippen LogP contribution in [0.25, 0.3) is 0 Å². The highest BCUT2D eigenvalue weighted by molar-refractivity contribution is 9.10. The lowest BCUT2D eigenvalue weighted by Gasteiger charge is -2.08. The van der Waals surface area contributed by atoms with Gasteiger partial charge in [0.2, 0.25) is 11.8 Å². The lowest BCUT2D eigenvalue weighted by molar-refractivity contribution is -0.125. The van der Waals surface area contributed by atoms with Gasteiger partial charge in [-0.3, -0.25) is 9.59 Å². The second-order valence-corrected chi connectivity index (χ2v) is 4.82. The number of carbonyl (C=O) groups excluding carboxylic acids is 2. The Hall–Kier alpha value is -0.820. The van der Waals surface area contributed by atoms with E-state index in [0.29, 0.717) is 11.6 Å². The van der Waals surface area contributed by atoms with Gasteiger partial charge in [-0.05, 0) is 17.7 Å². The van der Waals surface area contributed by atoms with Crippen LogP contribution in [-0.4, -0.2) is 24.9 Å². The molecular formula is C11H14BrCl2N3O2. The number of halogens is 3. The summed E-state index contributed by atoms with van der Waals surface area (Å²) in [6.45, 7) is 0.0828. The second kappa shape index (κ2) is 9.14. The Morgan fingerprint density at radius 1 is 1.26 bits per heavy atom. The van der Waals surface area contributed by atoms with E-state index in [0.717, 1.165) is 10.0 Å². The van der Waals surface area contributed by atoms with E-state index in [1.165, 1.54) is 0 Å². The monoisotopic (exact) mass is 369 g/mol. The lowest BCUT2D eigenvalue weighted by atomic mass is 10.2. The summed E-state index contributed by atoms with van der Waals surface area (Å²) in [5.74, 6) is -0.664. The van der Waals surface area contributed by atoms with Gasteiger partial charge >= 0.3 is 0 Å². The summed E-state index contributed by atoms with van der Waals surface area (Å²) in [5.41, 5.74) is 5.90. The van der Waals surface area contributed by atoms with E-state index in [2.05, 4.69) is 26.6 Å². The fraction of sp³-hybridized carbons (Fsp3) is 0.273.